The molecule has 6 heteroatoms. The molecule has 0 bridgehead atoms. The van der Waals surface area contributed by atoms with E-state index in [4.69, 9.17) is 14.2 Å². The van der Waals surface area contributed by atoms with Crippen molar-refractivity contribution in [3.8, 4) is 0 Å². The Labute approximate surface area is 435 Å². The van der Waals surface area contributed by atoms with Gasteiger partial charge in [-0.3, -0.25) is 14.4 Å². The first-order valence-corrected chi connectivity index (χ1v) is 31.0. The number of hydrogen-bond donors (Lipinski definition) is 0. The van der Waals surface area contributed by atoms with Gasteiger partial charge in [0, 0.05) is 19.3 Å². The molecule has 410 valence electrons. The molecular weight excluding hydrogens is 865 g/mol. The van der Waals surface area contributed by atoms with E-state index in [-0.39, 0.29) is 31.1 Å². The first kappa shape index (κ1) is 67.6. The minimum Gasteiger partial charge on any atom is -0.462 e. The van der Waals surface area contributed by atoms with E-state index in [9.17, 15) is 14.4 Å². The zero-order valence-electron chi connectivity index (χ0n) is 47.1. The number of allylic oxidation sites excluding steroid dienone is 6. The Morgan fingerprint density at radius 1 is 0.286 bits per heavy atom. The molecule has 0 radical (unpaired) electrons. The van der Waals surface area contributed by atoms with Crippen molar-refractivity contribution in [1.82, 2.24) is 0 Å². The molecule has 0 heterocycles. The second kappa shape index (κ2) is 59.2. The van der Waals surface area contributed by atoms with Crippen LogP contribution in [0, 0.1) is 0 Å². The van der Waals surface area contributed by atoms with Crippen LogP contribution in [0.1, 0.15) is 335 Å². The molecule has 1 unspecified atom stereocenters. The number of carbonyl (C=O) groups excluding carboxylic acids is 3. The average Bonchev–Trinajstić information content (AvgIpc) is 3.36. The Bertz CT molecular complexity index is 1170. The van der Waals surface area contributed by atoms with Crippen LogP contribution in [-0.2, 0) is 28.6 Å². The van der Waals surface area contributed by atoms with E-state index in [2.05, 4.69) is 57.2 Å². The minimum absolute atomic E-state index is 0.0698. The van der Waals surface area contributed by atoms with Crippen LogP contribution >= 0.6 is 0 Å². The van der Waals surface area contributed by atoms with E-state index < -0.39 is 6.10 Å². The second-order valence-electron chi connectivity index (χ2n) is 21.0. The van der Waals surface area contributed by atoms with Crippen molar-refractivity contribution >= 4 is 17.9 Å². The van der Waals surface area contributed by atoms with Crippen LogP contribution in [0.4, 0.5) is 0 Å². The zero-order valence-corrected chi connectivity index (χ0v) is 47.1. The smallest absolute Gasteiger partial charge is 0.306 e. The molecule has 0 fully saturated rings. The molecule has 1 atom stereocenters. The van der Waals surface area contributed by atoms with Gasteiger partial charge < -0.3 is 14.2 Å². The van der Waals surface area contributed by atoms with Crippen molar-refractivity contribution < 1.29 is 28.6 Å². The molecule has 0 N–H and O–H groups in total. The largest absolute Gasteiger partial charge is 0.462 e. The molecule has 0 rings (SSSR count). The third-order valence-corrected chi connectivity index (χ3v) is 13.9. The van der Waals surface area contributed by atoms with Crippen LogP contribution < -0.4 is 0 Å². The molecule has 0 aliphatic rings. The van der Waals surface area contributed by atoms with Gasteiger partial charge in [0.15, 0.2) is 6.10 Å². The van der Waals surface area contributed by atoms with Crippen LogP contribution in [0.25, 0.3) is 0 Å². The summed E-state index contributed by atoms with van der Waals surface area (Å²) in [5.74, 6) is -0.863. The lowest BCUT2D eigenvalue weighted by Crippen LogP contribution is -2.30. The maximum absolute atomic E-state index is 12.8. The van der Waals surface area contributed by atoms with Gasteiger partial charge in [-0.2, -0.15) is 0 Å². The van der Waals surface area contributed by atoms with E-state index in [0.717, 1.165) is 70.6 Å². The van der Waals surface area contributed by atoms with Crippen LogP contribution in [0.3, 0.4) is 0 Å². The normalized spacial score (nSPS) is 12.2. The van der Waals surface area contributed by atoms with Crippen molar-refractivity contribution in [2.75, 3.05) is 13.2 Å². The first-order valence-electron chi connectivity index (χ1n) is 31.0. The zero-order chi connectivity index (χ0) is 50.7. The van der Waals surface area contributed by atoms with E-state index >= 15 is 0 Å². The third kappa shape index (κ3) is 56.5. The first-order chi connectivity index (χ1) is 34.5. The van der Waals surface area contributed by atoms with Crippen LogP contribution in [0.2, 0.25) is 0 Å². The summed E-state index contributed by atoms with van der Waals surface area (Å²) in [6.45, 7) is 6.62. The number of ether oxygens (including phenoxy) is 3. The van der Waals surface area contributed by atoms with Crippen molar-refractivity contribution in [3.63, 3.8) is 0 Å². The fourth-order valence-electron chi connectivity index (χ4n) is 9.22. The summed E-state index contributed by atoms with van der Waals surface area (Å²) in [5.41, 5.74) is 0. The van der Waals surface area contributed by atoms with Gasteiger partial charge in [0.05, 0.1) is 0 Å². The van der Waals surface area contributed by atoms with Crippen LogP contribution in [0.5, 0.6) is 0 Å². The van der Waals surface area contributed by atoms with E-state index in [0.29, 0.717) is 19.3 Å². The fraction of sp³-hybridized carbons (Fsp3) is 0.859. The summed E-state index contributed by atoms with van der Waals surface area (Å²) < 4.78 is 16.8. The molecule has 0 spiro atoms. The van der Waals surface area contributed by atoms with Crippen LogP contribution in [-0.4, -0.2) is 37.2 Å². The van der Waals surface area contributed by atoms with Crippen LogP contribution in [0.15, 0.2) is 36.5 Å². The SMILES string of the molecule is CCCCCCC/C=C\C/C=C\C/C=C\CCCCCCCCCCCCC(=O)OCC(COC(=O)CCCCCCCC)OC(=O)CCCCCCCCCCCCCCCCCCCCCCC. The van der Waals surface area contributed by atoms with Gasteiger partial charge in [-0.1, -0.05) is 295 Å². The van der Waals surface area contributed by atoms with Gasteiger partial charge >= 0.3 is 17.9 Å². The third-order valence-electron chi connectivity index (χ3n) is 13.9. The van der Waals surface area contributed by atoms with Gasteiger partial charge in [0.2, 0.25) is 0 Å². The predicted octanol–water partition coefficient (Wildman–Crippen LogP) is 20.8. The summed E-state index contributed by atoms with van der Waals surface area (Å²) in [6, 6.07) is 0. The standard InChI is InChI=1S/C64H118O6/c1-4-7-10-13-16-18-20-22-24-26-28-30-31-32-33-35-36-38-40-42-44-46-48-51-54-57-63(66)69-60-61(59-68-62(65)56-53-50-15-12-9-6-3)70-64(67)58-55-52-49-47-45-43-41-39-37-34-29-27-25-23-21-19-17-14-11-8-5-2/h20,22,26,28,31-32,61H,4-19,21,23-25,27,29-30,33-60H2,1-3H3/b22-20-,28-26-,32-31-. The summed E-state index contributed by atoms with van der Waals surface area (Å²) >= 11 is 0. The topological polar surface area (TPSA) is 78.9 Å². The fourth-order valence-corrected chi connectivity index (χ4v) is 9.22. The molecule has 0 aliphatic heterocycles. The highest BCUT2D eigenvalue weighted by molar-refractivity contribution is 5.71. The summed E-state index contributed by atoms with van der Waals surface area (Å²) in [4.78, 5) is 38.0. The van der Waals surface area contributed by atoms with Gasteiger partial charge in [0.1, 0.15) is 13.2 Å². The maximum Gasteiger partial charge on any atom is 0.306 e. The highest BCUT2D eigenvalue weighted by Gasteiger charge is 2.19. The molecule has 0 aliphatic carbocycles. The molecule has 0 aromatic carbocycles. The molecule has 0 aromatic rings. The van der Waals surface area contributed by atoms with Crippen molar-refractivity contribution in [3.05, 3.63) is 36.5 Å². The highest BCUT2D eigenvalue weighted by atomic mass is 16.6. The second-order valence-corrected chi connectivity index (χ2v) is 21.0. The minimum atomic E-state index is -0.768. The summed E-state index contributed by atoms with van der Waals surface area (Å²) in [7, 11) is 0. The number of rotatable bonds is 57. The number of esters is 3. The quantitative estimate of drug-likeness (QED) is 0.0261. The lowest BCUT2D eigenvalue weighted by atomic mass is 10.0. The maximum atomic E-state index is 12.8. The molecule has 70 heavy (non-hydrogen) atoms. The van der Waals surface area contributed by atoms with Crippen molar-refractivity contribution in [2.45, 2.75) is 341 Å². The highest BCUT2D eigenvalue weighted by Crippen LogP contribution is 2.17. The molecule has 0 saturated heterocycles. The number of hydrogen-bond acceptors (Lipinski definition) is 6. The van der Waals surface area contributed by atoms with Gasteiger partial charge in [-0.05, 0) is 57.8 Å². The molecule has 0 amide bonds. The van der Waals surface area contributed by atoms with Gasteiger partial charge in [-0.25, -0.2) is 0 Å². The Balaban J connectivity index is 4.08. The van der Waals surface area contributed by atoms with E-state index in [1.54, 1.807) is 0 Å². The van der Waals surface area contributed by atoms with Gasteiger partial charge in [-0.15, -0.1) is 0 Å². The molecule has 0 aromatic heterocycles. The molecule has 6 nitrogen and oxygen atoms in total. The number of carbonyl (C=O) groups is 3. The summed E-state index contributed by atoms with van der Waals surface area (Å²) in [5, 5.41) is 0. The Morgan fingerprint density at radius 3 is 0.800 bits per heavy atom. The van der Waals surface area contributed by atoms with E-state index in [1.165, 1.54) is 225 Å². The lowest BCUT2D eigenvalue weighted by Gasteiger charge is -2.18. The Kier molecular flexibility index (Phi) is 57.2. The van der Waals surface area contributed by atoms with Gasteiger partial charge in [0.25, 0.3) is 0 Å². The molecule has 0 saturated carbocycles. The predicted molar refractivity (Wildman–Crippen MR) is 302 cm³/mol. The van der Waals surface area contributed by atoms with Crippen molar-refractivity contribution in [1.29, 1.82) is 0 Å². The Morgan fingerprint density at radius 2 is 0.514 bits per heavy atom. The summed E-state index contributed by atoms with van der Waals surface area (Å²) in [6.07, 6.45) is 71.8. The molecular formula is C64H118O6. The van der Waals surface area contributed by atoms with E-state index in [1.807, 2.05) is 0 Å². The Hall–Kier alpha value is -2.37. The monoisotopic (exact) mass is 983 g/mol. The van der Waals surface area contributed by atoms with Crippen molar-refractivity contribution in [2.24, 2.45) is 0 Å². The number of unbranched alkanes of at least 4 members (excludes halogenated alkanes) is 40. The lowest BCUT2D eigenvalue weighted by molar-refractivity contribution is -0.167. The average molecular weight is 984 g/mol.